The molecule has 0 aliphatic rings. The van der Waals surface area contributed by atoms with Gasteiger partial charge in [0.15, 0.2) is 0 Å². The smallest absolute Gasteiger partial charge is 0.374 e. The number of hydrogen-bond acceptors (Lipinski definition) is 5. The highest BCUT2D eigenvalue weighted by molar-refractivity contribution is 7.16. The lowest BCUT2D eigenvalue weighted by Crippen LogP contribution is -2.39. The molecule has 0 aromatic carbocycles. The van der Waals surface area contributed by atoms with E-state index in [0.29, 0.717) is 11.3 Å². The maximum absolute atomic E-state index is 12.3. The Kier molecular flexibility index (Phi) is 4.27. The standard InChI is InChI=1S/C8H11F3N4OS/c1-2-3-15(4-8(9,10)11)6(16)5-13-14-7(12)17-5/h2-4H2,1H3,(H2,12,14). The van der Waals surface area contributed by atoms with Crippen molar-refractivity contribution in [3.63, 3.8) is 0 Å². The summed E-state index contributed by atoms with van der Waals surface area (Å²) in [5.41, 5.74) is 5.27. The van der Waals surface area contributed by atoms with Crippen molar-refractivity contribution in [2.24, 2.45) is 0 Å². The van der Waals surface area contributed by atoms with E-state index in [1.54, 1.807) is 6.92 Å². The summed E-state index contributed by atoms with van der Waals surface area (Å²) < 4.78 is 36.8. The van der Waals surface area contributed by atoms with E-state index in [9.17, 15) is 18.0 Å². The summed E-state index contributed by atoms with van der Waals surface area (Å²) in [4.78, 5) is 12.4. The second kappa shape index (κ2) is 5.30. The van der Waals surface area contributed by atoms with E-state index < -0.39 is 18.6 Å². The summed E-state index contributed by atoms with van der Waals surface area (Å²) in [5.74, 6) is -0.793. The van der Waals surface area contributed by atoms with E-state index in [4.69, 9.17) is 5.73 Å². The normalized spacial score (nSPS) is 11.5. The molecule has 1 heterocycles. The van der Waals surface area contributed by atoms with Gasteiger partial charge in [0.1, 0.15) is 6.54 Å². The average molecular weight is 268 g/mol. The Morgan fingerprint density at radius 1 is 1.47 bits per heavy atom. The van der Waals surface area contributed by atoms with Gasteiger partial charge < -0.3 is 10.6 Å². The van der Waals surface area contributed by atoms with E-state index >= 15 is 0 Å². The van der Waals surface area contributed by atoms with Crippen molar-refractivity contribution < 1.29 is 18.0 Å². The van der Waals surface area contributed by atoms with E-state index in [0.717, 1.165) is 11.3 Å². The van der Waals surface area contributed by atoms with Gasteiger partial charge in [-0.15, -0.1) is 10.2 Å². The molecule has 1 aromatic heterocycles. The van der Waals surface area contributed by atoms with Crippen molar-refractivity contribution in [3.8, 4) is 0 Å². The minimum atomic E-state index is -4.43. The average Bonchev–Trinajstić information content (AvgIpc) is 2.61. The van der Waals surface area contributed by atoms with Crippen molar-refractivity contribution >= 4 is 22.4 Å². The number of nitrogens with two attached hydrogens (primary N) is 1. The number of nitrogens with zero attached hydrogens (tertiary/aromatic N) is 3. The molecule has 0 bridgehead atoms. The fourth-order valence-electron chi connectivity index (χ4n) is 1.19. The molecule has 0 atom stereocenters. The molecular formula is C8H11F3N4OS. The SMILES string of the molecule is CCCN(CC(F)(F)F)C(=O)c1nnc(N)s1. The first-order valence-electron chi connectivity index (χ1n) is 4.78. The summed E-state index contributed by atoms with van der Waals surface area (Å²) >= 11 is 0.773. The zero-order chi connectivity index (χ0) is 13.1. The Hall–Kier alpha value is -1.38. The Morgan fingerprint density at radius 3 is 2.53 bits per heavy atom. The van der Waals surface area contributed by atoms with E-state index in [1.807, 2.05) is 0 Å². The van der Waals surface area contributed by atoms with E-state index in [1.165, 1.54) is 0 Å². The molecule has 0 radical (unpaired) electrons. The summed E-state index contributed by atoms with van der Waals surface area (Å²) in [6.07, 6.45) is -4.00. The molecule has 1 aromatic rings. The van der Waals surface area contributed by atoms with Gasteiger partial charge in [-0.25, -0.2) is 0 Å². The lowest BCUT2D eigenvalue weighted by Gasteiger charge is -2.21. The third kappa shape index (κ3) is 4.17. The minimum Gasteiger partial charge on any atom is -0.374 e. The predicted octanol–water partition coefficient (Wildman–Crippen LogP) is 1.53. The summed E-state index contributed by atoms with van der Waals surface area (Å²) in [6, 6.07) is 0. The molecule has 0 aliphatic carbocycles. The van der Waals surface area contributed by atoms with Crippen LogP contribution < -0.4 is 5.73 Å². The first-order chi connectivity index (χ1) is 7.83. The van der Waals surface area contributed by atoms with Crippen LogP contribution in [0, 0.1) is 0 Å². The molecular weight excluding hydrogens is 257 g/mol. The fourth-order valence-corrected chi connectivity index (χ4v) is 1.77. The monoisotopic (exact) mass is 268 g/mol. The third-order valence-electron chi connectivity index (χ3n) is 1.77. The van der Waals surface area contributed by atoms with Crippen LogP contribution in [0.5, 0.6) is 0 Å². The summed E-state index contributed by atoms with van der Waals surface area (Å²) in [7, 11) is 0. The number of hydrogen-bond donors (Lipinski definition) is 1. The van der Waals surface area contributed by atoms with Gasteiger partial charge in [-0.2, -0.15) is 13.2 Å². The lowest BCUT2D eigenvalue weighted by molar-refractivity contribution is -0.140. The molecule has 0 fully saturated rings. The van der Waals surface area contributed by atoms with Crippen molar-refractivity contribution in [2.75, 3.05) is 18.8 Å². The van der Waals surface area contributed by atoms with Crippen molar-refractivity contribution in [3.05, 3.63) is 5.01 Å². The van der Waals surface area contributed by atoms with Crippen LogP contribution >= 0.6 is 11.3 Å². The quantitative estimate of drug-likeness (QED) is 0.899. The molecule has 0 aliphatic heterocycles. The number of nitrogen functional groups attached to an aromatic ring is 1. The molecule has 96 valence electrons. The predicted molar refractivity (Wildman–Crippen MR) is 56.6 cm³/mol. The molecule has 1 rings (SSSR count). The Morgan fingerprint density at radius 2 is 2.12 bits per heavy atom. The number of carbonyl (C=O) groups excluding carboxylic acids is 1. The maximum Gasteiger partial charge on any atom is 0.406 e. The summed E-state index contributed by atoms with van der Waals surface area (Å²) in [5, 5.41) is 6.76. The van der Waals surface area contributed by atoms with Crippen molar-refractivity contribution in [1.29, 1.82) is 0 Å². The molecule has 2 N–H and O–H groups in total. The number of alkyl halides is 3. The molecule has 0 spiro atoms. The molecule has 0 saturated heterocycles. The van der Waals surface area contributed by atoms with Crippen molar-refractivity contribution in [2.45, 2.75) is 19.5 Å². The van der Waals surface area contributed by atoms with E-state index in [2.05, 4.69) is 10.2 Å². The highest BCUT2D eigenvalue weighted by Crippen LogP contribution is 2.20. The van der Waals surface area contributed by atoms with Gasteiger partial charge in [0.2, 0.25) is 10.1 Å². The highest BCUT2D eigenvalue weighted by atomic mass is 32.1. The van der Waals surface area contributed by atoms with Gasteiger partial charge in [0, 0.05) is 6.54 Å². The highest BCUT2D eigenvalue weighted by Gasteiger charge is 2.33. The largest absolute Gasteiger partial charge is 0.406 e. The van der Waals surface area contributed by atoms with Crippen LogP contribution in [0.25, 0.3) is 0 Å². The molecule has 9 heteroatoms. The van der Waals surface area contributed by atoms with E-state index in [-0.39, 0.29) is 16.7 Å². The van der Waals surface area contributed by atoms with Gasteiger partial charge in [0.05, 0.1) is 0 Å². The van der Waals surface area contributed by atoms with Crippen LogP contribution in [0.1, 0.15) is 23.1 Å². The first-order valence-corrected chi connectivity index (χ1v) is 5.60. The zero-order valence-electron chi connectivity index (χ0n) is 8.99. The van der Waals surface area contributed by atoms with Gasteiger partial charge >= 0.3 is 6.18 Å². The Balaban J connectivity index is 2.80. The number of halogens is 3. The topological polar surface area (TPSA) is 72.1 Å². The lowest BCUT2D eigenvalue weighted by atomic mass is 10.4. The summed E-state index contributed by atoms with van der Waals surface area (Å²) in [6.45, 7) is 0.405. The Bertz CT molecular complexity index is 392. The molecule has 5 nitrogen and oxygen atoms in total. The van der Waals surface area contributed by atoms with Crippen LogP contribution in [0.4, 0.5) is 18.3 Å². The van der Waals surface area contributed by atoms with Crippen LogP contribution in [-0.4, -0.2) is 40.3 Å². The second-order valence-electron chi connectivity index (χ2n) is 3.29. The van der Waals surface area contributed by atoms with Gasteiger partial charge in [-0.3, -0.25) is 4.79 Å². The molecule has 0 unspecified atom stereocenters. The van der Waals surface area contributed by atoms with Crippen LogP contribution in [0.2, 0.25) is 0 Å². The van der Waals surface area contributed by atoms with Crippen LogP contribution in [-0.2, 0) is 0 Å². The Labute approximate surface area is 99.4 Å². The van der Waals surface area contributed by atoms with Gasteiger partial charge in [0.25, 0.3) is 5.91 Å². The van der Waals surface area contributed by atoms with Gasteiger partial charge in [-0.1, -0.05) is 18.3 Å². The minimum absolute atomic E-state index is 0.0117. The number of carbonyl (C=O) groups is 1. The second-order valence-corrected chi connectivity index (χ2v) is 4.30. The van der Waals surface area contributed by atoms with Crippen LogP contribution in [0.15, 0.2) is 0 Å². The van der Waals surface area contributed by atoms with Crippen molar-refractivity contribution in [1.82, 2.24) is 15.1 Å². The first kappa shape index (κ1) is 13.7. The van der Waals surface area contributed by atoms with Gasteiger partial charge in [-0.05, 0) is 6.42 Å². The number of rotatable bonds is 4. The van der Waals surface area contributed by atoms with Crippen LogP contribution in [0.3, 0.4) is 0 Å². The molecule has 17 heavy (non-hydrogen) atoms. The molecule has 1 amide bonds. The number of aromatic nitrogens is 2. The maximum atomic E-state index is 12.3. The number of amides is 1. The third-order valence-corrected chi connectivity index (χ3v) is 2.51. The molecule has 0 saturated carbocycles. The zero-order valence-corrected chi connectivity index (χ0v) is 9.81. The number of anilines is 1. The fraction of sp³-hybridized carbons (Fsp3) is 0.625.